The van der Waals surface area contributed by atoms with Crippen molar-refractivity contribution in [3.05, 3.63) is 93.7 Å². The predicted octanol–water partition coefficient (Wildman–Crippen LogP) is 4.81. The van der Waals surface area contributed by atoms with Crippen LogP contribution in [0, 0.1) is 10.1 Å². The summed E-state index contributed by atoms with van der Waals surface area (Å²) in [5.74, 6) is 1.75. The summed E-state index contributed by atoms with van der Waals surface area (Å²) in [5, 5.41) is 22.0. The third kappa shape index (κ3) is 4.66. The van der Waals surface area contributed by atoms with Gasteiger partial charge in [0.1, 0.15) is 11.8 Å². The van der Waals surface area contributed by atoms with Crippen molar-refractivity contribution in [2.75, 3.05) is 32.0 Å². The van der Waals surface area contributed by atoms with Gasteiger partial charge in [0.2, 0.25) is 5.95 Å². The van der Waals surface area contributed by atoms with Crippen LogP contribution in [-0.2, 0) is 4.79 Å². The van der Waals surface area contributed by atoms with Gasteiger partial charge >= 0.3 is 0 Å². The molecular weight excluding hydrogens is 516 g/mol. The Balaban J connectivity index is 1.65. The molecule has 204 valence electrons. The first-order chi connectivity index (χ1) is 19.4. The number of non-ortho nitro benzene ring substituents is 1. The molecule has 4 aromatic rings. The molecule has 0 aliphatic carbocycles. The first-order valence-electron chi connectivity index (χ1n) is 12.2. The predicted molar refractivity (Wildman–Crippen MR) is 148 cm³/mol. The SMILES string of the molecule is COc1ccccc1NC(=O)C1=C(C)Nc2nc(-c3ccc([N+](=O)[O-])cc3)nn2C1c1cccc(OC)c1OC. The minimum absolute atomic E-state index is 0.0438. The number of ether oxygens (including phenoxy) is 3. The molecule has 12 heteroatoms. The Kier molecular flexibility index (Phi) is 7.06. The van der Waals surface area contributed by atoms with Gasteiger partial charge in [0, 0.05) is 29.0 Å². The number of rotatable bonds is 8. The average Bonchev–Trinajstić information content (AvgIpc) is 3.39. The summed E-state index contributed by atoms with van der Waals surface area (Å²) in [7, 11) is 4.59. The van der Waals surface area contributed by atoms with E-state index < -0.39 is 11.0 Å². The minimum atomic E-state index is -0.768. The molecule has 0 fully saturated rings. The van der Waals surface area contributed by atoms with E-state index in [1.807, 2.05) is 12.1 Å². The first kappa shape index (κ1) is 26.2. The van der Waals surface area contributed by atoms with Crippen LogP contribution in [0.15, 0.2) is 78.0 Å². The highest BCUT2D eigenvalue weighted by molar-refractivity contribution is 6.06. The van der Waals surface area contributed by atoms with E-state index in [0.29, 0.717) is 57.1 Å². The molecule has 0 saturated heterocycles. The number of para-hydroxylation sites is 3. The molecule has 1 unspecified atom stereocenters. The zero-order valence-corrected chi connectivity index (χ0v) is 22.2. The number of carbonyl (C=O) groups is 1. The van der Waals surface area contributed by atoms with E-state index in [1.165, 1.54) is 33.5 Å². The van der Waals surface area contributed by atoms with Crippen LogP contribution < -0.4 is 24.8 Å². The highest BCUT2D eigenvalue weighted by Gasteiger charge is 2.37. The molecule has 0 bridgehead atoms. The maximum absolute atomic E-state index is 13.9. The lowest BCUT2D eigenvalue weighted by molar-refractivity contribution is -0.384. The zero-order chi connectivity index (χ0) is 28.4. The maximum Gasteiger partial charge on any atom is 0.269 e. The summed E-state index contributed by atoms with van der Waals surface area (Å²) in [4.78, 5) is 29.2. The molecular formula is C28H26N6O6. The van der Waals surface area contributed by atoms with Gasteiger partial charge in [-0.1, -0.05) is 24.3 Å². The van der Waals surface area contributed by atoms with Crippen molar-refractivity contribution in [3.8, 4) is 28.6 Å². The normalized spacial score (nSPS) is 14.2. The second kappa shape index (κ2) is 10.8. The number of anilines is 2. The summed E-state index contributed by atoms with van der Waals surface area (Å²) in [6, 6.07) is 17.7. The van der Waals surface area contributed by atoms with Gasteiger partial charge in [0.05, 0.1) is 37.5 Å². The number of amides is 1. The quantitative estimate of drug-likeness (QED) is 0.237. The number of nitrogens with zero attached hydrogens (tertiary/aromatic N) is 4. The van der Waals surface area contributed by atoms with Crippen molar-refractivity contribution in [2.45, 2.75) is 13.0 Å². The Labute approximate surface area is 229 Å². The summed E-state index contributed by atoms with van der Waals surface area (Å²) < 4.78 is 18.3. The molecule has 1 atom stereocenters. The Morgan fingerprint density at radius 3 is 2.35 bits per heavy atom. The molecule has 1 aliphatic heterocycles. The number of hydrogen-bond donors (Lipinski definition) is 2. The summed E-state index contributed by atoms with van der Waals surface area (Å²) >= 11 is 0. The Bertz CT molecular complexity index is 1630. The third-order valence-electron chi connectivity index (χ3n) is 6.52. The molecule has 0 spiro atoms. The number of fused-ring (bicyclic) bond motifs is 1. The molecule has 12 nitrogen and oxygen atoms in total. The molecule has 0 saturated carbocycles. The smallest absolute Gasteiger partial charge is 0.269 e. The Morgan fingerprint density at radius 2 is 1.68 bits per heavy atom. The maximum atomic E-state index is 13.9. The molecule has 5 rings (SSSR count). The molecule has 1 aromatic heterocycles. The van der Waals surface area contributed by atoms with Gasteiger partial charge in [-0.05, 0) is 37.3 Å². The van der Waals surface area contributed by atoms with Crippen LogP contribution in [0.2, 0.25) is 0 Å². The van der Waals surface area contributed by atoms with Crippen LogP contribution in [0.3, 0.4) is 0 Å². The van der Waals surface area contributed by atoms with Gasteiger partial charge in [-0.25, -0.2) is 4.68 Å². The van der Waals surface area contributed by atoms with Crippen molar-refractivity contribution in [3.63, 3.8) is 0 Å². The van der Waals surface area contributed by atoms with Crippen LogP contribution >= 0.6 is 0 Å². The lowest BCUT2D eigenvalue weighted by Gasteiger charge is -2.30. The van der Waals surface area contributed by atoms with Crippen molar-refractivity contribution in [1.82, 2.24) is 14.8 Å². The number of hydrogen-bond acceptors (Lipinski definition) is 9. The highest BCUT2D eigenvalue weighted by Crippen LogP contribution is 2.43. The van der Waals surface area contributed by atoms with Gasteiger partial charge in [0.15, 0.2) is 17.3 Å². The molecule has 1 amide bonds. The summed E-state index contributed by atoms with van der Waals surface area (Å²) in [5.41, 5.74) is 2.57. The van der Waals surface area contributed by atoms with Crippen LogP contribution in [0.25, 0.3) is 11.4 Å². The molecule has 0 radical (unpaired) electrons. The van der Waals surface area contributed by atoms with Crippen molar-refractivity contribution in [2.24, 2.45) is 0 Å². The molecule has 1 aliphatic rings. The highest BCUT2D eigenvalue weighted by atomic mass is 16.6. The zero-order valence-electron chi connectivity index (χ0n) is 22.2. The van der Waals surface area contributed by atoms with Crippen LogP contribution in [0.4, 0.5) is 17.3 Å². The molecule has 40 heavy (non-hydrogen) atoms. The largest absolute Gasteiger partial charge is 0.495 e. The number of carbonyl (C=O) groups excluding carboxylic acids is 1. The summed E-state index contributed by atoms with van der Waals surface area (Å²) in [6.45, 7) is 1.78. The van der Waals surface area contributed by atoms with Crippen molar-refractivity contribution < 1.29 is 23.9 Å². The number of methoxy groups -OCH3 is 3. The van der Waals surface area contributed by atoms with Gasteiger partial charge in [0.25, 0.3) is 11.6 Å². The molecule has 2 N–H and O–H groups in total. The lowest BCUT2D eigenvalue weighted by atomic mass is 9.94. The fraction of sp³-hybridized carbons (Fsp3) is 0.179. The molecule has 3 aromatic carbocycles. The monoisotopic (exact) mass is 542 g/mol. The standard InChI is InChI=1S/C28H26N6O6/c1-16-23(27(35)30-20-9-5-6-10-21(20)38-2)24(19-8-7-11-22(39-3)25(19)40-4)33-28(29-16)31-26(32-33)17-12-14-18(15-13-17)34(36)37/h5-15,24H,1-4H3,(H,30,35)(H,29,31,32). The second-order valence-electron chi connectivity index (χ2n) is 8.81. The third-order valence-corrected chi connectivity index (χ3v) is 6.52. The number of nitro groups is 1. The van der Waals surface area contributed by atoms with Crippen molar-refractivity contribution >= 4 is 23.2 Å². The average molecular weight is 543 g/mol. The topological polar surface area (TPSA) is 143 Å². The number of nitro benzene ring substituents is 1. The number of benzene rings is 3. The lowest BCUT2D eigenvalue weighted by Crippen LogP contribution is -2.32. The van der Waals surface area contributed by atoms with E-state index in [1.54, 1.807) is 54.1 Å². The molecule has 2 heterocycles. The van der Waals surface area contributed by atoms with E-state index in [4.69, 9.17) is 19.3 Å². The Morgan fingerprint density at radius 1 is 0.975 bits per heavy atom. The fourth-order valence-electron chi connectivity index (χ4n) is 4.65. The van der Waals surface area contributed by atoms with E-state index in [-0.39, 0.29) is 11.6 Å². The minimum Gasteiger partial charge on any atom is -0.495 e. The van der Waals surface area contributed by atoms with E-state index in [9.17, 15) is 14.9 Å². The second-order valence-corrected chi connectivity index (χ2v) is 8.81. The fourth-order valence-corrected chi connectivity index (χ4v) is 4.65. The Hall–Kier alpha value is -5.39. The van der Waals surface area contributed by atoms with E-state index in [2.05, 4.69) is 15.6 Å². The summed E-state index contributed by atoms with van der Waals surface area (Å²) in [6.07, 6.45) is 0. The number of aromatic nitrogens is 3. The van der Waals surface area contributed by atoms with E-state index in [0.717, 1.165) is 0 Å². The van der Waals surface area contributed by atoms with Gasteiger partial charge in [-0.3, -0.25) is 14.9 Å². The van der Waals surface area contributed by atoms with Crippen molar-refractivity contribution in [1.29, 1.82) is 0 Å². The van der Waals surface area contributed by atoms with Gasteiger partial charge in [-0.2, -0.15) is 4.98 Å². The van der Waals surface area contributed by atoms with Crippen LogP contribution in [0.1, 0.15) is 18.5 Å². The first-order valence-corrected chi connectivity index (χ1v) is 12.2. The van der Waals surface area contributed by atoms with Gasteiger partial charge < -0.3 is 24.8 Å². The van der Waals surface area contributed by atoms with Crippen LogP contribution in [-0.4, -0.2) is 46.9 Å². The van der Waals surface area contributed by atoms with Gasteiger partial charge in [-0.15, -0.1) is 5.10 Å². The van der Waals surface area contributed by atoms with E-state index >= 15 is 0 Å². The number of nitrogens with one attached hydrogen (secondary N) is 2. The number of allylic oxidation sites excluding steroid dienone is 1. The van der Waals surface area contributed by atoms with Crippen LogP contribution in [0.5, 0.6) is 17.2 Å².